The van der Waals surface area contributed by atoms with E-state index in [1.807, 2.05) is 19.9 Å². The van der Waals surface area contributed by atoms with Crippen LogP contribution in [0.15, 0.2) is 0 Å². The number of rotatable bonds is 1. The van der Waals surface area contributed by atoms with Gasteiger partial charge in [0.05, 0.1) is 6.07 Å². The molecule has 52 valence electrons. The number of Topliss-reactive ketones (excluding diaryl/α,β-unsaturated/α-hetero) is 1. The fraction of sp³-hybridized carbons (Fsp3) is 0.714. The molecule has 0 bridgehead atoms. The van der Waals surface area contributed by atoms with E-state index in [9.17, 15) is 4.79 Å². The van der Waals surface area contributed by atoms with Crippen molar-refractivity contribution >= 4 is 5.78 Å². The zero-order valence-corrected chi connectivity index (χ0v) is 6.27. The number of carbonyl (C=O) groups is 1. The average Bonchev–Trinajstić information content (AvgIpc) is 1.89. The maximum absolute atomic E-state index is 9.81. The molecule has 0 heterocycles. The Hall–Kier alpha value is -0.840. The first-order valence-corrected chi connectivity index (χ1v) is 3.05. The molecule has 0 aliphatic heterocycles. The van der Waals surface area contributed by atoms with Crippen molar-refractivity contribution in [1.82, 2.24) is 0 Å². The van der Waals surface area contributed by atoms with Gasteiger partial charge in [-0.1, -0.05) is 13.8 Å². The SMILES string of the molecule is CCC#N.CCC(C)=O. The normalized spacial score (nSPS) is 6.44. The molecule has 9 heavy (non-hydrogen) atoms. The molecule has 0 aromatic heterocycles. The number of carbonyl (C=O) groups excluding carboxylic acids is 1. The average molecular weight is 127 g/mol. The van der Waals surface area contributed by atoms with Crippen molar-refractivity contribution in [3.63, 3.8) is 0 Å². The zero-order valence-electron chi connectivity index (χ0n) is 6.27. The molecule has 0 fully saturated rings. The van der Waals surface area contributed by atoms with E-state index in [1.54, 1.807) is 6.92 Å². The monoisotopic (exact) mass is 127 g/mol. The molecule has 2 heteroatoms. The highest BCUT2D eigenvalue weighted by Gasteiger charge is 1.76. The molecule has 0 spiro atoms. The number of nitrogens with zero attached hydrogens (tertiary/aromatic N) is 1. The summed E-state index contributed by atoms with van der Waals surface area (Å²) in [5, 5.41) is 7.62. The summed E-state index contributed by atoms with van der Waals surface area (Å²) in [6, 6.07) is 1.93. The number of hydrogen-bond acceptors (Lipinski definition) is 2. The second kappa shape index (κ2) is 10.2. The predicted molar refractivity (Wildman–Crippen MR) is 36.9 cm³/mol. The first-order chi connectivity index (χ1) is 4.18. The molecular weight excluding hydrogens is 114 g/mol. The standard InChI is InChI=1S/C4H8O.C3H5N/c1-3-4(2)5;1-2-3-4/h3H2,1-2H3;2H2,1H3. The first-order valence-electron chi connectivity index (χ1n) is 3.05. The van der Waals surface area contributed by atoms with Crippen molar-refractivity contribution in [2.24, 2.45) is 0 Å². The minimum Gasteiger partial charge on any atom is -0.300 e. The molecule has 2 nitrogen and oxygen atoms in total. The van der Waals surface area contributed by atoms with Crippen LogP contribution in [0.1, 0.15) is 33.6 Å². The van der Waals surface area contributed by atoms with E-state index in [4.69, 9.17) is 5.26 Å². The van der Waals surface area contributed by atoms with E-state index in [0.717, 1.165) is 0 Å². The van der Waals surface area contributed by atoms with Gasteiger partial charge in [-0.15, -0.1) is 0 Å². The largest absolute Gasteiger partial charge is 0.300 e. The smallest absolute Gasteiger partial charge is 0.129 e. The van der Waals surface area contributed by atoms with Crippen LogP contribution in [-0.2, 0) is 4.79 Å². The Bertz CT molecular complexity index is 102. The topological polar surface area (TPSA) is 40.9 Å². The molecule has 0 aromatic carbocycles. The van der Waals surface area contributed by atoms with Crippen LogP contribution in [0.5, 0.6) is 0 Å². The van der Waals surface area contributed by atoms with Gasteiger partial charge in [-0.3, -0.25) is 0 Å². The number of nitriles is 1. The Morgan fingerprint density at radius 2 is 1.78 bits per heavy atom. The van der Waals surface area contributed by atoms with Crippen LogP contribution in [0.4, 0.5) is 0 Å². The third-order valence-corrected chi connectivity index (χ3v) is 0.656. The summed E-state index contributed by atoms with van der Waals surface area (Å²) in [5.41, 5.74) is 0. The van der Waals surface area contributed by atoms with E-state index in [2.05, 4.69) is 0 Å². The molecule has 0 radical (unpaired) electrons. The van der Waals surface area contributed by atoms with E-state index in [1.165, 1.54) is 0 Å². The molecule has 0 atom stereocenters. The van der Waals surface area contributed by atoms with Crippen LogP contribution in [0.25, 0.3) is 0 Å². The molecule has 0 aliphatic rings. The maximum Gasteiger partial charge on any atom is 0.129 e. The van der Waals surface area contributed by atoms with E-state index >= 15 is 0 Å². The minimum absolute atomic E-state index is 0.255. The van der Waals surface area contributed by atoms with Gasteiger partial charge < -0.3 is 4.79 Å². The Balaban J connectivity index is 0. The van der Waals surface area contributed by atoms with E-state index in [-0.39, 0.29) is 5.78 Å². The van der Waals surface area contributed by atoms with Gasteiger partial charge in [0.25, 0.3) is 0 Å². The molecule has 0 amide bonds. The van der Waals surface area contributed by atoms with Gasteiger partial charge in [-0.05, 0) is 6.92 Å². The summed E-state index contributed by atoms with van der Waals surface area (Å²) in [6.07, 6.45) is 1.29. The van der Waals surface area contributed by atoms with E-state index in [0.29, 0.717) is 12.8 Å². The van der Waals surface area contributed by atoms with Crippen LogP contribution < -0.4 is 0 Å². The lowest BCUT2D eigenvalue weighted by molar-refractivity contribution is -0.116. The lowest BCUT2D eigenvalue weighted by Crippen LogP contribution is -1.80. The van der Waals surface area contributed by atoms with Crippen molar-refractivity contribution in [3.8, 4) is 6.07 Å². The Kier molecular flexibility index (Phi) is 12.5. The van der Waals surface area contributed by atoms with Crippen LogP contribution >= 0.6 is 0 Å². The fourth-order valence-electron chi connectivity index (χ4n) is 0. The van der Waals surface area contributed by atoms with Gasteiger partial charge in [-0.25, -0.2) is 0 Å². The van der Waals surface area contributed by atoms with Crippen LogP contribution in [0.3, 0.4) is 0 Å². The van der Waals surface area contributed by atoms with Gasteiger partial charge in [0, 0.05) is 12.8 Å². The number of ketones is 1. The van der Waals surface area contributed by atoms with Crippen LogP contribution in [0.2, 0.25) is 0 Å². The molecule has 0 saturated heterocycles. The first kappa shape index (κ1) is 11.0. The summed E-state index contributed by atoms with van der Waals surface area (Å²) in [7, 11) is 0. The summed E-state index contributed by atoms with van der Waals surface area (Å²) in [5.74, 6) is 0.255. The molecule has 0 aromatic rings. The molecular formula is C7H13NO. The van der Waals surface area contributed by atoms with Crippen molar-refractivity contribution in [2.75, 3.05) is 0 Å². The second-order valence-corrected chi connectivity index (χ2v) is 1.57. The lowest BCUT2D eigenvalue weighted by atomic mass is 10.4. The lowest BCUT2D eigenvalue weighted by Gasteiger charge is -1.71. The summed E-state index contributed by atoms with van der Waals surface area (Å²) in [4.78, 5) is 9.81. The molecule has 0 N–H and O–H groups in total. The third-order valence-electron chi connectivity index (χ3n) is 0.656. The van der Waals surface area contributed by atoms with Gasteiger partial charge in [0.1, 0.15) is 5.78 Å². The summed E-state index contributed by atoms with van der Waals surface area (Å²) < 4.78 is 0. The van der Waals surface area contributed by atoms with Gasteiger partial charge in [0.2, 0.25) is 0 Å². The highest BCUT2D eigenvalue weighted by molar-refractivity contribution is 5.74. The minimum atomic E-state index is 0.255. The van der Waals surface area contributed by atoms with Crippen molar-refractivity contribution in [1.29, 1.82) is 5.26 Å². The van der Waals surface area contributed by atoms with Crippen molar-refractivity contribution in [3.05, 3.63) is 0 Å². The zero-order chi connectivity index (χ0) is 7.70. The Morgan fingerprint density at radius 1 is 1.56 bits per heavy atom. The van der Waals surface area contributed by atoms with E-state index < -0.39 is 0 Å². The Labute approximate surface area is 56.5 Å². The molecule has 0 saturated carbocycles. The highest BCUT2D eigenvalue weighted by Crippen LogP contribution is 1.71. The van der Waals surface area contributed by atoms with Crippen LogP contribution in [0, 0.1) is 11.3 Å². The summed E-state index contributed by atoms with van der Waals surface area (Å²) in [6.45, 7) is 5.25. The number of hydrogen-bond donors (Lipinski definition) is 0. The van der Waals surface area contributed by atoms with Gasteiger partial charge in [-0.2, -0.15) is 5.26 Å². The maximum atomic E-state index is 9.81. The molecule has 0 rings (SSSR count). The van der Waals surface area contributed by atoms with Gasteiger partial charge in [0.15, 0.2) is 0 Å². The second-order valence-electron chi connectivity index (χ2n) is 1.57. The fourth-order valence-corrected chi connectivity index (χ4v) is 0. The van der Waals surface area contributed by atoms with Crippen molar-refractivity contribution < 1.29 is 4.79 Å². The van der Waals surface area contributed by atoms with Gasteiger partial charge >= 0.3 is 0 Å². The quantitative estimate of drug-likeness (QED) is 0.539. The predicted octanol–water partition coefficient (Wildman–Crippen LogP) is 1.91. The third kappa shape index (κ3) is 40.9. The molecule has 0 aliphatic carbocycles. The summed E-state index contributed by atoms with van der Waals surface area (Å²) >= 11 is 0. The Morgan fingerprint density at radius 3 is 1.78 bits per heavy atom. The van der Waals surface area contributed by atoms with Crippen LogP contribution in [-0.4, -0.2) is 5.78 Å². The molecule has 0 unspecified atom stereocenters. The van der Waals surface area contributed by atoms with Crippen molar-refractivity contribution in [2.45, 2.75) is 33.6 Å². The highest BCUT2D eigenvalue weighted by atomic mass is 16.1.